The summed E-state index contributed by atoms with van der Waals surface area (Å²) in [5.74, 6) is 0. The van der Waals surface area contributed by atoms with Crippen molar-refractivity contribution in [3.05, 3.63) is 86.5 Å². The summed E-state index contributed by atoms with van der Waals surface area (Å²) in [7, 11) is 0. The van der Waals surface area contributed by atoms with Crippen molar-refractivity contribution >= 4 is 0 Å². The normalized spacial score (nSPS) is 10.4. The average molecular weight is 578 g/mol. The molecule has 0 unspecified atom stereocenters. The zero-order valence-corrected chi connectivity index (χ0v) is 23.0. The van der Waals surface area contributed by atoms with E-state index in [0.717, 1.165) is 6.42 Å². The molecule has 0 nitrogen and oxygen atoms in total. The van der Waals surface area contributed by atoms with Crippen LogP contribution >= 0.6 is 0 Å². The molecule has 0 aromatic heterocycles. The van der Waals surface area contributed by atoms with Crippen molar-refractivity contribution < 1.29 is 50.7 Å². The third-order valence-electron chi connectivity index (χ3n) is 5.90. The third kappa shape index (κ3) is 5.23. The van der Waals surface area contributed by atoms with E-state index >= 15 is 0 Å². The Labute approximate surface area is 202 Å². The molecule has 3 aromatic rings. The van der Waals surface area contributed by atoms with Crippen molar-refractivity contribution in [3.63, 3.8) is 0 Å². The van der Waals surface area contributed by atoms with Crippen LogP contribution in [-0.4, -0.2) is 0 Å². The van der Waals surface area contributed by atoms with E-state index in [1.807, 2.05) is 0 Å². The number of aryl methyl sites for hydroxylation is 2. The standard InChI is InChI=1S/C15H13.C10H15.2ClH.Hf/c1-10-3-5-14-12(7-10)9-13-8-11(2)4-6-15(13)14;1-6-7(2)9(4)10(5)8(6)3;;;/h3-7H,9H2,1-2H3;1-5H3;2*1H;/q2*-1;;;+4/p-2. The van der Waals surface area contributed by atoms with Crippen molar-refractivity contribution in [1.29, 1.82) is 0 Å². The molecule has 0 radical (unpaired) electrons. The molecule has 28 heavy (non-hydrogen) atoms. The molecule has 3 heteroatoms. The molecule has 0 fully saturated rings. The Morgan fingerprint density at radius 1 is 0.786 bits per heavy atom. The molecular formula is C25H28Cl2Hf. The van der Waals surface area contributed by atoms with Crippen LogP contribution in [0.5, 0.6) is 0 Å². The summed E-state index contributed by atoms with van der Waals surface area (Å²) < 4.78 is 0. The van der Waals surface area contributed by atoms with Crippen molar-refractivity contribution in [1.82, 2.24) is 0 Å². The maximum Gasteiger partial charge on any atom is 4.00 e. The Balaban J connectivity index is 0.000000503. The second-order valence-electron chi connectivity index (χ2n) is 7.50. The van der Waals surface area contributed by atoms with Gasteiger partial charge in [0.15, 0.2) is 0 Å². The number of hydrogen-bond acceptors (Lipinski definition) is 0. The van der Waals surface area contributed by atoms with Crippen LogP contribution < -0.4 is 24.8 Å². The minimum atomic E-state index is 0. The second-order valence-corrected chi connectivity index (χ2v) is 7.50. The Morgan fingerprint density at radius 3 is 1.82 bits per heavy atom. The van der Waals surface area contributed by atoms with E-state index in [2.05, 4.69) is 84.9 Å². The van der Waals surface area contributed by atoms with Gasteiger partial charge in [-0.25, -0.2) is 0 Å². The number of hydrogen-bond donors (Lipinski definition) is 0. The summed E-state index contributed by atoms with van der Waals surface area (Å²) in [6.45, 7) is 15.3. The van der Waals surface area contributed by atoms with Crippen molar-refractivity contribution in [2.24, 2.45) is 0 Å². The van der Waals surface area contributed by atoms with Gasteiger partial charge in [0.25, 0.3) is 0 Å². The van der Waals surface area contributed by atoms with Crippen LogP contribution in [0.25, 0.3) is 11.1 Å². The molecule has 1 aliphatic rings. The van der Waals surface area contributed by atoms with E-state index in [9.17, 15) is 0 Å². The van der Waals surface area contributed by atoms with Gasteiger partial charge < -0.3 is 24.8 Å². The fraction of sp³-hybridized carbons (Fsp3) is 0.320. The maximum absolute atomic E-state index is 3.45. The molecule has 1 aliphatic carbocycles. The second kappa shape index (κ2) is 10.9. The van der Waals surface area contributed by atoms with E-state index in [4.69, 9.17) is 0 Å². The predicted molar refractivity (Wildman–Crippen MR) is 109 cm³/mol. The van der Waals surface area contributed by atoms with Gasteiger partial charge >= 0.3 is 25.8 Å². The molecule has 0 heterocycles. The van der Waals surface area contributed by atoms with Crippen LogP contribution in [0.2, 0.25) is 0 Å². The number of halogens is 2. The van der Waals surface area contributed by atoms with Gasteiger partial charge in [-0.2, -0.15) is 51.6 Å². The summed E-state index contributed by atoms with van der Waals surface area (Å²) in [6.07, 6.45) is 1.05. The Morgan fingerprint density at radius 2 is 1.32 bits per heavy atom. The van der Waals surface area contributed by atoms with Gasteiger partial charge in [-0.3, -0.25) is 0 Å². The molecule has 0 saturated heterocycles. The fourth-order valence-corrected chi connectivity index (χ4v) is 3.78. The minimum Gasteiger partial charge on any atom is -1.00 e. The van der Waals surface area contributed by atoms with Gasteiger partial charge in [0.2, 0.25) is 0 Å². The van der Waals surface area contributed by atoms with Crippen LogP contribution in [0, 0.1) is 54.5 Å². The molecule has 4 rings (SSSR count). The summed E-state index contributed by atoms with van der Waals surface area (Å²) in [4.78, 5) is 0. The van der Waals surface area contributed by atoms with Crippen molar-refractivity contribution in [3.8, 4) is 11.1 Å². The minimum absolute atomic E-state index is 0. The van der Waals surface area contributed by atoms with Crippen molar-refractivity contribution in [2.75, 3.05) is 0 Å². The molecule has 146 valence electrons. The van der Waals surface area contributed by atoms with Gasteiger partial charge in [0.05, 0.1) is 0 Å². The first-order valence-corrected chi connectivity index (χ1v) is 9.11. The molecular weight excluding hydrogens is 550 g/mol. The van der Waals surface area contributed by atoms with E-state index in [-0.39, 0.29) is 50.7 Å². The van der Waals surface area contributed by atoms with Crippen LogP contribution in [0.3, 0.4) is 0 Å². The summed E-state index contributed by atoms with van der Waals surface area (Å²) in [5, 5.41) is 0. The van der Waals surface area contributed by atoms with Crippen LogP contribution in [-0.2, 0) is 32.3 Å². The molecule has 0 atom stereocenters. The van der Waals surface area contributed by atoms with E-state index < -0.39 is 0 Å². The van der Waals surface area contributed by atoms with Gasteiger partial charge in [0, 0.05) is 0 Å². The zero-order chi connectivity index (χ0) is 18.3. The first kappa shape index (κ1) is 27.2. The molecule has 0 amide bonds. The van der Waals surface area contributed by atoms with Gasteiger partial charge in [-0.15, -0.1) is 11.1 Å². The molecule has 0 bridgehead atoms. The number of rotatable bonds is 0. The summed E-state index contributed by atoms with van der Waals surface area (Å²) in [6, 6.07) is 14.5. The Bertz CT molecular complexity index is 822. The average Bonchev–Trinajstić information content (AvgIpc) is 3.01. The largest absolute Gasteiger partial charge is 4.00 e. The third-order valence-corrected chi connectivity index (χ3v) is 5.90. The van der Waals surface area contributed by atoms with Crippen LogP contribution in [0.4, 0.5) is 0 Å². The molecule has 0 saturated carbocycles. The van der Waals surface area contributed by atoms with Gasteiger partial charge in [-0.05, 0) is 18.9 Å². The van der Waals surface area contributed by atoms with E-state index in [0.29, 0.717) is 0 Å². The molecule has 3 aromatic carbocycles. The van der Waals surface area contributed by atoms with E-state index in [1.165, 1.54) is 61.2 Å². The van der Waals surface area contributed by atoms with E-state index in [1.54, 1.807) is 0 Å². The van der Waals surface area contributed by atoms with Crippen LogP contribution in [0.1, 0.15) is 50.1 Å². The van der Waals surface area contributed by atoms with Gasteiger partial charge in [-0.1, -0.05) is 70.9 Å². The zero-order valence-electron chi connectivity index (χ0n) is 17.8. The topological polar surface area (TPSA) is 0 Å². The predicted octanol–water partition coefficient (Wildman–Crippen LogP) is 0.628. The quantitative estimate of drug-likeness (QED) is 0.213. The number of fused-ring (bicyclic) bond motifs is 3. The fourth-order valence-electron chi connectivity index (χ4n) is 3.78. The first-order chi connectivity index (χ1) is 11.8. The number of benzene rings is 2. The first-order valence-electron chi connectivity index (χ1n) is 9.11. The Hall–Kier alpha value is -0.760. The van der Waals surface area contributed by atoms with Gasteiger partial charge in [0.1, 0.15) is 0 Å². The van der Waals surface area contributed by atoms with Crippen LogP contribution in [0.15, 0.2) is 30.3 Å². The Kier molecular flexibility index (Phi) is 10.6. The smallest absolute Gasteiger partial charge is 1.00 e. The van der Waals surface area contributed by atoms with Crippen molar-refractivity contribution in [2.45, 2.75) is 54.9 Å². The maximum atomic E-state index is 3.45. The molecule has 0 spiro atoms. The summed E-state index contributed by atoms with van der Waals surface area (Å²) >= 11 is 0. The summed E-state index contributed by atoms with van der Waals surface area (Å²) in [5.41, 5.74) is 15.5. The monoisotopic (exact) mass is 578 g/mol. The SMILES string of the molecule is Cc1[c-]c2c(cc1)-c1ccc(C)cc1C2.Cc1c(C)c(C)[c-](C)c1C.[Cl-].[Cl-].[Hf+4]. The molecule has 0 aliphatic heterocycles. The molecule has 0 N–H and O–H groups in total.